The molecule has 2 atom stereocenters. The van der Waals surface area contributed by atoms with E-state index < -0.39 is 10.1 Å². The van der Waals surface area contributed by atoms with Crippen LogP contribution in [0.25, 0.3) is 0 Å². The molecule has 0 aromatic carbocycles. The van der Waals surface area contributed by atoms with Crippen LogP contribution in [0, 0.1) is 11.8 Å². The van der Waals surface area contributed by atoms with Crippen molar-refractivity contribution in [1.29, 1.82) is 0 Å². The Balaban J connectivity index is 2.64. The zero-order valence-corrected chi connectivity index (χ0v) is 10.0. The summed E-state index contributed by atoms with van der Waals surface area (Å²) in [6.45, 7) is 1.82. The topological polar surface area (TPSA) is 80.4 Å². The summed E-state index contributed by atoms with van der Waals surface area (Å²) in [5.41, 5.74) is 5.80. The lowest BCUT2D eigenvalue weighted by molar-refractivity contribution is 0.237. The van der Waals surface area contributed by atoms with Crippen molar-refractivity contribution in [1.82, 2.24) is 0 Å². The van der Waals surface area contributed by atoms with E-state index in [1.54, 1.807) is 0 Å². The second-order valence-electron chi connectivity index (χ2n) is 4.67. The van der Waals surface area contributed by atoms with Gasteiger partial charge in [-0.15, -0.1) is 0 Å². The van der Waals surface area contributed by atoms with Gasteiger partial charge >= 0.3 is 0 Å². The van der Waals surface area contributed by atoms with Crippen LogP contribution in [0.1, 0.15) is 39.0 Å². The van der Waals surface area contributed by atoms with Gasteiger partial charge in [0.1, 0.15) is 0 Å². The van der Waals surface area contributed by atoms with E-state index >= 15 is 0 Å². The number of hydrogen-bond acceptors (Lipinski definition) is 3. The fourth-order valence-corrected chi connectivity index (χ4v) is 3.58. The van der Waals surface area contributed by atoms with Gasteiger partial charge in [-0.25, -0.2) is 0 Å². The molecular formula is C10H21NO3S. The summed E-state index contributed by atoms with van der Waals surface area (Å²) in [5, 5.41) is 0. The molecule has 0 heterocycles. The minimum Gasteiger partial charge on any atom is -0.328 e. The fraction of sp³-hybridized carbons (Fsp3) is 1.00. The Bertz CT molecular complexity index is 281. The molecule has 0 saturated heterocycles. The maximum Gasteiger partial charge on any atom is 0.265 e. The molecule has 1 fully saturated rings. The predicted molar refractivity (Wildman–Crippen MR) is 60.1 cm³/mol. The van der Waals surface area contributed by atoms with Gasteiger partial charge in [0, 0.05) is 6.04 Å². The summed E-state index contributed by atoms with van der Waals surface area (Å²) >= 11 is 0. The van der Waals surface area contributed by atoms with Crippen molar-refractivity contribution in [2.45, 2.75) is 45.1 Å². The highest BCUT2D eigenvalue weighted by Gasteiger charge is 2.29. The molecule has 1 saturated carbocycles. The van der Waals surface area contributed by atoms with E-state index in [9.17, 15) is 8.42 Å². The van der Waals surface area contributed by atoms with Gasteiger partial charge in [0.05, 0.1) is 5.75 Å². The third-order valence-corrected chi connectivity index (χ3v) is 4.14. The molecule has 0 spiro atoms. The molecular weight excluding hydrogens is 214 g/mol. The standard InChI is InChI=1S/C10H21NO3S/c1-8(11)10(7-15(12,13)14)9-5-3-2-4-6-9/h8-10H,2-7,11H2,1H3,(H,12,13,14). The Kier molecular flexibility index (Phi) is 4.55. The number of hydrogen-bond donors (Lipinski definition) is 2. The summed E-state index contributed by atoms with van der Waals surface area (Å²) < 4.78 is 30.7. The number of nitrogens with two attached hydrogens (primary N) is 1. The molecule has 5 heteroatoms. The molecule has 0 aromatic heterocycles. The van der Waals surface area contributed by atoms with Crippen molar-refractivity contribution >= 4 is 10.1 Å². The second kappa shape index (κ2) is 5.27. The first kappa shape index (κ1) is 12.9. The maximum absolute atomic E-state index is 10.9. The summed E-state index contributed by atoms with van der Waals surface area (Å²) in [4.78, 5) is 0. The van der Waals surface area contributed by atoms with Crippen LogP contribution in [0.2, 0.25) is 0 Å². The Morgan fingerprint density at radius 1 is 1.33 bits per heavy atom. The number of rotatable bonds is 4. The molecule has 4 nitrogen and oxygen atoms in total. The van der Waals surface area contributed by atoms with Crippen molar-refractivity contribution in [3.63, 3.8) is 0 Å². The summed E-state index contributed by atoms with van der Waals surface area (Å²) in [5.74, 6) is 0.0796. The normalized spacial score (nSPS) is 23.7. The van der Waals surface area contributed by atoms with Crippen molar-refractivity contribution in [2.24, 2.45) is 17.6 Å². The lowest BCUT2D eigenvalue weighted by Gasteiger charge is -2.31. The van der Waals surface area contributed by atoms with E-state index in [2.05, 4.69) is 0 Å². The maximum atomic E-state index is 10.9. The summed E-state index contributed by atoms with van der Waals surface area (Å²) in [7, 11) is -3.90. The van der Waals surface area contributed by atoms with Gasteiger partial charge in [-0.2, -0.15) is 8.42 Å². The van der Waals surface area contributed by atoms with Crippen molar-refractivity contribution in [3.05, 3.63) is 0 Å². The van der Waals surface area contributed by atoms with Crippen LogP contribution in [-0.4, -0.2) is 24.8 Å². The molecule has 2 unspecified atom stereocenters. The molecule has 0 radical (unpaired) electrons. The van der Waals surface area contributed by atoms with Crippen LogP contribution in [0.3, 0.4) is 0 Å². The average molecular weight is 235 g/mol. The molecule has 1 aliphatic carbocycles. The fourth-order valence-electron chi connectivity index (χ4n) is 2.52. The molecule has 3 N–H and O–H groups in total. The zero-order chi connectivity index (χ0) is 11.5. The van der Waals surface area contributed by atoms with Gasteiger partial charge in [0.15, 0.2) is 0 Å². The van der Waals surface area contributed by atoms with Crippen molar-refractivity contribution < 1.29 is 13.0 Å². The molecule has 0 amide bonds. The van der Waals surface area contributed by atoms with Gasteiger partial charge in [-0.05, 0) is 18.8 Å². The van der Waals surface area contributed by atoms with E-state index in [4.69, 9.17) is 10.3 Å². The molecule has 90 valence electrons. The van der Waals surface area contributed by atoms with Gasteiger partial charge < -0.3 is 5.73 Å². The Hall–Kier alpha value is -0.130. The molecule has 0 bridgehead atoms. The molecule has 1 rings (SSSR count). The minimum atomic E-state index is -3.90. The van der Waals surface area contributed by atoms with Crippen LogP contribution < -0.4 is 5.73 Å². The second-order valence-corrected chi connectivity index (χ2v) is 6.17. The highest BCUT2D eigenvalue weighted by molar-refractivity contribution is 7.85. The van der Waals surface area contributed by atoms with Crippen LogP contribution in [0.4, 0.5) is 0 Å². The van der Waals surface area contributed by atoms with Gasteiger partial charge in [0.25, 0.3) is 10.1 Å². The quantitative estimate of drug-likeness (QED) is 0.722. The Labute approximate surface area is 92.0 Å². The highest BCUT2D eigenvalue weighted by Crippen LogP contribution is 2.32. The van der Waals surface area contributed by atoms with Crippen molar-refractivity contribution in [2.75, 3.05) is 5.75 Å². The lowest BCUT2D eigenvalue weighted by atomic mass is 9.78. The smallest absolute Gasteiger partial charge is 0.265 e. The van der Waals surface area contributed by atoms with E-state index in [0.717, 1.165) is 25.7 Å². The molecule has 0 aliphatic heterocycles. The van der Waals surface area contributed by atoms with Gasteiger partial charge in [0.2, 0.25) is 0 Å². The third-order valence-electron chi connectivity index (χ3n) is 3.33. The van der Waals surface area contributed by atoms with Crippen LogP contribution in [0.15, 0.2) is 0 Å². The highest BCUT2D eigenvalue weighted by atomic mass is 32.2. The zero-order valence-electron chi connectivity index (χ0n) is 9.22. The summed E-state index contributed by atoms with van der Waals surface area (Å²) in [6.07, 6.45) is 5.62. The van der Waals surface area contributed by atoms with E-state index in [1.807, 2.05) is 6.92 Å². The lowest BCUT2D eigenvalue weighted by Crippen LogP contribution is -2.38. The molecule has 1 aliphatic rings. The third kappa shape index (κ3) is 4.49. The minimum absolute atomic E-state index is 0.0969. The van der Waals surface area contributed by atoms with Crippen LogP contribution >= 0.6 is 0 Å². The summed E-state index contributed by atoms with van der Waals surface area (Å²) in [6, 6.07) is -0.171. The first-order valence-electron chi connectivity index (χ1n) is 5.61. The monoisotopic (exact) mass is 235 g/mol. The van der Waals surface area contributed by atoms with E-state index in [-0.39, 0.29) is 17.7 Å². The predicted octanol–water partition coefficient (Wildman–Crippen LogP) is 1.42. The molecule has 15 heavy (non-hydrogen) atoms. The first-order valence-corrected chi connectivity index (χ1v) is 7.22. The van der Waals surface area contributed by atoms with E-state index in [0.29, 0.717) is 5.92 Å². The largest absolute Gasteiger partial charge is 0.328 e. The Morgan fingerprint density at radius 3 is 2.27 bits per heavy atom. The van der Waals surface area contributed by atoms with Gasteiger partial charge in [-0.1, -0.05) is 32.1 Å². The van der Waals surface area contributed by atoms with Crippen LogP contribution in [0.5, 0.6) is 0 Å². The van der Waals surface area contributed by atoms with Crippen LogP contribution in [-0.2, 0) is 10.1 Å². The Morgan fingerprint density at radius 2 is 1.87 bits per heavy atom. The van der Waals surface area contributed by atoms with E-state index in [1.165, 1.54) is 6.42 Å². The average Bonchev–Trinajstić information content (AvgIpc) is 2.14. The SMILES string of the molecule is CC(N)C(CS(=O)(=O)O)C1CCCCC1. The van der Waals surface area contributed by atoms with Crippen molar-refractivity contribution in [3.8, 4) is 0 Å². The molecule has 0 aromatic rings. The first-order chi connectivity index (χ1) is 6.90. The van der Waals surface area contributed by atoms with Gasteiger partial charge in [-0.3, -0.25) is 4.55 Å².